The Morgan fingerprint density at radius 3 is 2.58 bits per heavy atom. The van der Waals surface area contributed by atoms with Crippen LogP contribution < -0.4 is 5.63 Å². The van der Waals surface area contributed by atoms with Crippen molar-refractivity contribution < 1.29 is 13.6 Å². The van der Waals surface area contributed by atoms with Crippen LogP contribution in [-0.2, 0) is 12.8 Å². The number of aryl methyl sites for hydroxylation is 3. The van der Waals surface area contributed by atoms with Crippen LogP contribution in [0.3, 0.4) is 0 Å². The molecule has 126 valence electrons. The second-order valence-corrected chi connectivity index (χ2v) is 6.20. The van der Waals surface area contributed by atoms with E-state index in [2.05, 4.69) is 12.1 Å². The van der Waals surface area contributed by atoms with Crippen molar-refractivity contribution >= 4 is 5.91 Å². The average molecular weight is 329 g/mol. The fourth-order valence-electron chi connectivity index (χ4n) is 2.91. The Hall–Kier alpha value is -2.43. The molecule has 0 unspecified atom stereocenters. The molecule has 0 bridgehead atoms. The molecule has 5 heteroatoms. The van der Waals surface area contributed by atoms with Gasteiger partial charge in [-0.2, -0.15) is 0 Å². The third kappa shape index (κ3) is 3.55. The van der Waals surface area contributed by atoms with Gasteiger partial charge in [-0.05, 0) is 37.0 Å². The van der Waals surface area contributed by atoms with Crippen LogP contribution in [0.4, 0.5) is 4.39 Å². The van der Waals surface area contributed by atoms with Crippen LogP contribution in [0, 0.1) is 6.92 Å². The summed E-state index contributed by atoms with van der Waals surface area (Å²) >= 11 is 0. The lowest BCUT2D eigenvalue weighted by Crippen LogP contribution is -2.52. The highest BCUT2D eigenvalue weighted by Crippen LogP contribution is 2.17. The van der Waals surface area contributed by atoms with E-state index in [-0.39, 0.29) is 18.7 Å². The minimum atomic E-state index is -0.987. The van der Waals surface area contributed by atoms with E-state index in [9.17, 15) is 14.0 Å². The van der Waals surface area contributed by atoms with E-state index in [4.69, 9.17) is 4.42 Å². The molecule has 1 fully saturated rings. The summed E-state index contributed by atoms with van der Waals surface area (Å²) in [6.07, 6.45) is 1.40. The van der Waals surface area contributed by atoms with Gasteiger partial charge in [0.05, 0.1) is 13.1 Å². The zero-order valence-electron chi connectivity index (χ0n) is 13.6. The average Bonchev–Trinajstić information content (AvgIpc) is 2.52. The van der Waals surface area contributed by atoms with Crippen LogP contribution in [0.1, 0.15) is 33.7 Å². The van der Waals surface area contributed by atoms with Gasteiger partial charge in [0, 0.05) is 6.42 Å². The van der Waals surface area contributed by atoms with Gasteiger partial charge in [0.2, 0.25) is 0 Å². The number of carbonyl (C=O) groups excluding carboxylic acids is 1. The SMILES string of the molecule is Cc1cc(CCCc2ccccc2)oc(=O)c1C(=O)N1CC(F)C1. The van der Waals surface area contributed by atoms with E-state index in [0.717, 1.165) is 12.8 Å². The minimum absolute atomic E-state index is 0.0220. The highest BCUT2D eigenvalue weighted by atomic mass is 19.1. The van der Waals surface area contributed by atoms with Gasteiger partial charge in [-0.3, -0.25) is 4.79 Å². The number of carbonyl (C=O) groups is 1. The molecule has 0 N–H and O–H groups in total. The number of alkyl halides is 1. The topological polar surface area (TPSA) is 50.5 Å². The Balaban J connectivity index is 1.66. The zero-order valence-corrected chi connectivity index (χ0v) is 13.6. The summed E-state index contributed by atoms with van der Waals surface area (Å²) in [5, 5.41) is 0. The second kappa shape index (κ2) is 6.99. The van der Waals surface area contributed by atoms with Gasteiger partial charge < -0.3 is 9.32 Å². The summed E-state index contributed by atoms with van der Waals surface area (Å²) in [6.45, 7) is 1.82. The maximum absolute atomic E-state index is 12.9. The minimum Gasteiger partial charge on any atom is -0.427 e. The Bertz CT molecular complexity index is 779. The number of amides is 1. The lowest BCUT2D eigenvalue weighted by atomic mass is 10.0. The molecule has 1 aliphatic heterocycles. The number of hydrogen-bond donors (Lipinski definition) is 0. The second-order valence-electron chi connectivity index (χ2n) is 6.20. The van der Waals surface area contributed by atoms with E-state index < -0.39 is 17.7 Å². The molecule has 2 aromatic rings. The van der Waals surface area contributed by atoms with Crippen LogP contribution in [0.15, 0.2) is 45.6 Å². The molecular weight excluding hydrogens is 309 g/mol. The predicted octanol–water partition coefficient (Wildman–Crippen LogP) is 2.92. The Labute approximate surface area is 139 Å². The predicted molar refractivity (Wildman–Crippen MR) is 89.0 cm³/mol. The van der Waals surface area contributed by atoms with Gasteiger partial charge in [0.1, 0.15) is 17.5 Å². The van der Waals surface area contributed by atoms with E-state index >= 15 is 0 Å². The summed E-state index contributed by atoms with van der Waals surface area (Å²) in [4.78, 5) is 25.7. The fourth-order valence-corrected chi connectivity index (χ4v) is 2.91. The third-order valence-corrected chi connectivity index (χ3v) is 4.27. The molecule has 0 aliphatic carbocycles. The molecule has 0 saturated carbocycles. The first kappa shape index (κ1) is 16.4. The molecule has 1 saturated heterocycles. The summed E-state index contributed by atoms with van der Waals surface area (Å²) in [5.41, 5.74) is 1.22. The Morgan fingerprint density at radius 1 is 1.25 bits per heavy atom. The number of rotatable bonds is 5. The van der Waals surface area contributed by atoms with Crippen molar-refractivity contribution in [1.29, 1.82) is 0 Å². The molecule has 1 aromatic carbocycles. The lowest BCUT2D eigenvalue weighted by molar-refractivity contribution is 0.0395. The van der Waals surface area contributed by atoms with E-state index in [1.54, 1.807) is 13.0 Å². The van der Waals surface area contributed by atoms with Gasteiger partial charge in [-0.15, -0.1) is 0 Å². The molecule has 4 nitrogen and oxygen atoms in total. The first-order chi connectivity index (χ1) is 11.5. The maximum Gasteiger partial charge on any atom is 0.349 e. The Morgan fingerprint density at radius 2 is 1.96 bits per heavy atom. The summed E-state index contributed by atoms with van der Waals surface area (Å²) < 4.78 is 18.2. The molecule has 1 aromatic heterocycles. The van der Waals surface area contributed by atoms with E-state index in [0.29, 0.717) is 17.7 Å². The van der Waals surface area contributed by atoms with Gasteiger partial charge in [0.15, 0.2) is 0 Å². The lowest BCUT2D eigenvalue weighted by Gasteiger charge is -2.34. The van der Waals surface area contributed by atoms with Crippen molar-refractivity contribution in [3.8, 4) is 0 Å². The zero-order chi connectivity index (χ0) is 17.1. The monoisotopic (exact) mass is 329 g/mol. The maximum atomic E-state index is 12.9. The Kier molecular flexibility index (Phi) is 4.79. The van der Waals surface area contributed by atoms with Crippen LogP contribution in [-0.4, -0.2) is 30.1 Å². The number of likely N-dealkylation sites (tertiary alicyclic amines) is 1. The highest BCUT2D eigenvalue weighted by molar-refractivity contribution is 5.95. The van der Waals surface area contributed by atoms with Crippen molar-refractivity contribution in [2.45, 2.75) is 32.4 Å². The number of halogens is 1. The molecule has 24 heavy (non-hydrogen) atoms. The standard InChI is InChI=1S/C19H20FNO3/c1-13-10-16(9-5-8-14-6-3-2-4-7-14)24-19(23)17(13)18(22)21-11-15(20)12-21/h2-4,6-7,10,15H,5,8-9,11-12H2,1H3. The van der Waals surface area contributed by atoms with Crippen molar-refractivity contribution in [3.63, 3.8) is 0 Å². The number of benzene rings is 1. The van der Waals surface area contributed by atoms with Crippen LogP contribution in [0.2, 0.25) is 0 Å². The first-order valence-electron chi connectivity index (χ1n) is 8.15. The largest absolute Gasteiger partial charge is 0.427 e. The number of hydrogen-bond acceptors (Lipinski definition) is 3. The number of nitrogens with zero attached hydrogens (tertiary/aromatic N) is 1. The van der Waals surface area contributed by atoms with Crippen LogP contribution in [0.25, 0.3) is 0 Å². The van der Waals surface area contributed by atoms with Gasteiger partial charge in [0.25, 0.3) is 5.91 Å². The molecular formula is C19H20FNO3. The molecule has 3 rings (SSSR count). The van der Waals surface area contributed by atoms with Crippen molar-refractivity contribution in [2.24, 2.45) is 0 Å². The van der Waals surface area contributed by atoms with Crippen molar-refractivity contribution in [2.75, 3.05) is 13.1 Å². The van der Waals surface area contributed by atoms with Gasteiger partial charge in [-0.25, -0.2) is 9.18 Å². The molecule has 2 heterocycles. The van der Waals surface area contributed by atoms with E-state index in [1.807, 2.05) is 18.2 Å². The normalized spacial score (nSPS) is 14.5. The quantitative estimate of drug-likeness (QED) is 0.847. The van der Waals surface area contributed by atoms with Gasteiger partial charge in [-0.1, -0.05) is 30.3 Å². The molecule has 0 radical (unpaired) electrons. The summed E-state index contributed by atoms with van der Waals surface area (Å²) in [6, 6.07) is 11.8. The summed E-state index contributed by atoms with van der Waals surface area (Å²) in [5.74, 6) is 0.142. The summed E-state index contributed by atoms with van der Waals surface area (Å²) in [7, 11) is 0. The smallest absolute Gasteiger partial charge is 0.349 e. The molecule has 1 amide bonds. The highest BCUT2D eigenvalue weighted by Gasteiger charge is 2.33. The van der Waals surface area contributed by atoms with Crippen LogP contribution in [0.5, 0.6) is 0 Å². The van der Waals surface area contributed by atoms with Crippen molar-refractivity contribution in [1.82, 2.24) is 4.90 Å². The first-order valence-corrected chi connectivity index (χ1v) is 8.15. The fraction of sp³-hybridized carbons (Fsp3) is 0.368. The molecule has 0 spiro atoms. The van der Waals surface area contributed by atoms with Crippen molar-refractivity contribution in [3.05, 3.63) is 69.3 Å². The molecule has 1 aliphatic rings. The van der Waals surface area contributed by atoms with E-state index in [1.165, 1.54) is 10.5 Å². The van der Waals surface area contributed by atoms with Gasteiger partial charge >= 0.3 is 5.63 Å². The molecule has 0 atom stereocenters. The third-order valence-electron chi connectivity index (χ3n) is 4.27. The van der Waals surface area contributed by atoms with Crippen LogP contribution >= 0.6 is 0 Å².